The molecule has 1 aromatic carbocycles. The molecule has 194 valence electrons. The molecule has 0 aromatic heterocycles. The Labute approximate surface area is 211 Å². The second-order valence-electron chi connectivity index (χ2n) is 12.6. The lowest BCUT2D eigenvalue weighted by molar-refractivity contribution is -0.0205. The summed E-state index contributed by atoms with van der Waals surface area (Å²) in [5.41, 5.74) is 2.35. The third-order valence-electron chi connectivity index (χ3n) is 9.43. The highest BCUT2D eigenvalue weighted by atomic mass is 16.6. The molecule has 6 nitrogen and oxygen atoms in total. The zero-order valence-electron chi connectivity index (χ0n) is 22.4. The maximum Gasteiger partial charge on any atom is 0.410 e. The number of anilines is 1. The van der Waals surface area contributed by atoms with E-state index in [2.05, 4.69) is 35.8 Å². The summed E-state index contributed by atoms with van der Waals surface area (Å²) in [4.78, 5) is 14.8. The molecule has 3 heterocycles. The summed E-state index contributed by atoms with van der Waals surface area (Å²) >= 11 is 0. The van der Waals surface area contributed by atoms with Crippen LogP contribution < -0.4 is 15.4 Å². The number of methoxy groups -OCH3 is 1. The molecule has 3 aliphatic heterocycles. The van der Waals surface area contributed by atoms with E-state index in [1.807, 2.05) is 25.7 Å². The quantitative estimate of drug-likeness (QED) is 0.511. The van der Waals surface area contributed by atoms with E-state index in [1.165, 1.54) is 49.8 Å². The summed E-state index contributed by atoms with van der Waals surface area (Å²) in [5.74, 6) is 1.98. The van der Waals surface area contributed by atoms with E-state index in [4.69, 9.17) is 9.47 Å². The van der Waals surface area contributed by atoms with E-state index in [0.29, 0.717) is 17.9 Å². The van der Waals surface area contributed by atoms with Crippen LogP contribution in [0.25, 0.3) is 0 Å². The molecule has 0 bridgehead atoms. The van der Waals surface area contributed by atoms with E-state index < -0.39 is 5.60 Å². The van der Waals surface area contributed by atoms with Crippen LogP contribution >= 0.6 is 0 Å². The molecule has 2 saturated heterocycles. The van der Waals surface area contributed by atoms with Gasteiger partial charge in [-0.2, -0.15) is 0 Å². The summed E-state index contributed by atoms with van der Waals surface area (Å²) in [6.45, 7) is 10.7. The first-order valence-corrected chi connectivity index (χ1v) is 13.9. The first kappa shape index (κ1) is 24.7. The Balaban J connectivity index is 1.50. The van der Waals surface area contributed by atoms with Crippen LogP contribution in [0.5, 0.6) is 5.75 Å². The minimum absolute atomic E-state index is 0.00855. The van der Waals surface area contributed by atoms with Gasteiger partial charge in [0, 0.05) is 43.3 Å². The van der Waals surface area contributed by atoms with Crippen molar-refractivity contribution >= 4 is 11.8 Å². The molecule has 35 heavy (non-hydrogen) atoms. The van der Waals surface area contributed by atoms with Gasteiger partial charge in [-0.1, -0.05) is 31.7 Å². The fourth-order valence-electron chi connectivity index (χ4n) is 7.78. The zero-order chi connectivity index (χ0) is 24.8. The predicted molar refractivity (Wildman–Crippen MR) is 140 cm³/mol. The number of amides is 1. The highest BCUT2D eigenvalue weighted by Crippen LogP contribution is 2.62. The number of likely N-dealkylation sites (tertiary alicyclic amines) is 1. The molecule has 4 aliphatic rings. The van der Waals surface area contributed by atoms with Gasteiger partial charge >= 0.3 is 6.09 Å². The second kappa shape index (κ2) is 9.17. The molecule has 2 N–H and O–H groups in total. The third kappa shape index (κ3) is 4.30. The van der Waals surface area contributed by atoms with Crippen LogP contribution in [-0.4, -0.2) is 54.9 Å². The van der Waals surface area contributed by atoms with Gasteiger partial charge < -0.3 is 25.0 Å². The van der Waals surface area contributed by atoms with Crippen LogP contribution in [0.4, 0.5) is 10.5 Å². The van der Waals surface area contributed by atoms with Gasteiger partial charge in [0.25, 0.3) is 0 Å². The smallest absolute Gasteiger partial charge is 0.410 e. The molecular weight excluding hydrogens is 438 g/mol. The van der Waals surface area contributed by atoms with Crippen molar-refractivity contribution in [2.75, 3.05) is 32.1 Å². The summed E-state index contributed by atoms with van der Waals surface area (Å²) in [6, 6.07) is 7.05. The molecule has 6 heteroatoms. The van der Waals surface area contributed by atoms with E-state index in [0.717, 1.165) is 38.2 Å². The summed E-state index contributed by atoms with van der Waals surface area (Å²) in [7, 11) is 1.75. The number of ether oxygens (including phenoxy) is 2. The van der Waals surface area contributed by atoms with Crippen LogP contribution in [0.15, 0.2) is 18.2 Å². The Kier molecular flexibility index (Phi) is 6.48. The normalized spacial score (nSPS) is 30.7. The number of carbonyl (C=O) groups is 1. The van der Waals surface area contributed by atoms with Crippen molar-refractivity contribution in [3.8, 4) is 5.75 Å². The number of nitrogens with one attached hydrogen (secondary N) is 2. The molecule has 1 aliphatic carbocycles. The number of hydrogen-bond acceptors (Lipinski definition) is 5. The van der Waals surface area contributed by atoms with Crippen LogP contribution in [0.2, 0.25) is 0 Å². The number of hydrogen-bond donors (Lipinski definition) is 2. The monoisotopic (exact) mass is 483 g/mol. The molecule has 3 unspecified atom stereocenters. The maximum atomic E-state index is 12.8. The van der Waals surface area contributed by atoms with Gasteiger partial charge in [-0.15, -0.1) is 0 Å². The van der Waals surface area contributed by atoms with Gasteiger partial charge in [-0.3, -0.25) is 0 Å². The van der Waals surface area contributed by atoms with E-state index in [-0.39, 0.29) is 17.0 Å². The number of benzene rings is 1. The molecule has 3 fully saturated rings. The van der Waals surface area contributed by atoms with E-state index in [1.54, 1.807) is 7.11 Å². The predicted octanol–water partition coefficient (Wildman–Crippen LogP) is 5.92. The molecule has 1 aromatic rings. The topological polar surface area (TPSA) is 62.8 Å². The van der Waals surface area contributed by atoms with Crippen molar-refractivity contribution in [2.45, 2.75) is 102 Å². The lowest BCUT2D eigenvalue weighted by Crippen LogP contribution is -2.70. The fourth-order valence-corrected chi connectivity index (χ4v) is 7.78. The minimum atomic E-state index is -0.462. The summed E-state index contributed by atoms with van der Waals surface area (Å²) < 4.78 is 11.3. The number of carbonyl (C=O) groups excluding carboxylic acids is 1. The molecule has 3 atom stereocenters. The van der Waals surface area contributed by atoms with E-state index >= 15 is 0 Å². The molecule has 5 rings (SSSR count). The number of rotatable bonds is 2. The van der Waals surface area contributed by atoms with Crippen LogP contribution in [-0.2, 0) is 4.74 Å². The highest BCUT2D eigenvalue weighted by molar-refractivity contribution is 5.69. The Morgan fingerprint density at radius 3 is 2.40 bits per heavy atom. The Hall–Kier alpha value is -1.95. The largest absolute Gasteiger partial charge is 0.497 e. The lowest BCUT2D eigenvalue weighted by Gasteiger charge is -2.60. The molecule has 1 saturated carbocycles. The van der Waals surface area contributed by atoms with E-state index in [9.17, 15) is 4.79 Å². The van der Waals surface area contributed by atoms with Gasteiger partial charge in [0.05, 0.1) is 12.6 Å². The summed E-state index contributed by atoms with van der Waals surface area (Å²) in [6.07, 6.45) is 9.78. The van der Waals surface area contributed by atoms with Gasteiger partial charge in [0.2, 0.25) is 0 Å². The Bertz CT molecular complexity index is 926. The first-order valence-electron chi connectivity index (χ1n) is 13.9. The maximum absolute atomic E-state index is 12.8. The van der Waals surface area contributed by atoms with Crippen molar-refractivity contribution < 1.29 is 14.3 Å². The minimum Gasteiger partial charge on any atom is -0.497 e. The standard InChI is InChI=1S/C29H45N3O3/c1-20-29(21-10-8-6-7-9-11-21)25(23-13-12-22(34-5)18-24(23)31-29)28(19-30-20)14-16-32(17-15-28)26(33)35-27(2,3)4/h12-13,18,20-21,25,30-31H,6-11,14-17,19H2,1-5H3. The second-order valence-corrected chi connectivity index (χ2v) is 12.6. The van der Waals surface area contributed by atoms with Crippen molar-refractivity contribution in [3.05, 3.63) is 23.8 Å². The lowest BCUT2D eigenvalue weighted by atomic mass is 9.52. The van der Waals surface area contributed by atoms with Crippen LogP contribution in [0.1, 0.15) is 90.5 Å². The number of fused-ring (bicyclic) bond motifs is 4. The third-order valence-corrected chi connectivity index (χ3v) is 9.43. The molecule has 0 radical (unpaired) electrons. The van der Waals surface area contributed by atoms with Crippen LogP contribution in [0.3, 0.4) is 0 Å². The fraction of sp³-hybridized carbons (Fsp3) is 0.759. The number of piperidine rings is 2. The molecule has 1 amide bonds. The summed E-state index contributed by atoms with van der Waals surface area (Å²) in [5, 5.41) is 8.15. The Morgan fingerprint density at radius 1 is 1.09 bits per heavy atom. The van der Waals surface area contributed by atoms with Crippen LogP contribution in [0, 0.1) is 11.3 Å². The average molecular weight is 484 g/mol. The van der Waals surface area contributed by atoms with Gasteiger partial charge in [0.1, 0.15) is 11.4 Å². The van der Waals surface area contributed by atoms with Gasteiger partial charge in [-0.05, 0) is 76.3 Å². The van der Waals surface area contributed by atoms with Gasteiger partial charge in [-0.25, -0.2) is 4.79 Å². The average Bonchev–Trinajstić information content (AvgIpc) is 2.96. The SMILES string of the molecule is COc1ccc2c(c1)NC1(C3CCCCCC3)C(C)NCC3(CCN(C(=O)OC(C)(C)C)CC3)C21. The number of nitrogens with zero attached hydrogens (tertiary/aromatic N) is 1. The van der Waals surface area contributed by atoms with Crippen molar-refractivity contribution in [1.82, 2.24) is 10.2 Å². The molecular formula is C29H45N3O3. The van der Waals surface area contributed by atoms with Crippen molar-refractivity contribution in [2.24, 2.45) is 11.3 Å². The van der Waals surface area contributed by atoms with Crippen molar-refractivity contribution in [1.29, 1.82) is 0 Å². The first-order chi connectivity index (χ1) is 16.7. The van der Waals surface area contributed by atoms with Gasteiger partial charge in [0.15, 0.2) is 0 Å². The van der Waals surface area contributed by atoms with Crippen molar-refractivity contribution in [3.63, 3.8) is 0 Å². The molecule has 1 spiro atoms. The zero-order valence-corrected chi connectivity index (χ0v) is 22.4. The Morgan fingerprint density at radius 2 is 1.77 bits per heavy atom. The highest BCUT2D eigenvalue weighted by Gasteiger charge is 2.63.